The number of fused-ring (bicyclic) bond motifs is 1. The lowest BCUT2D eigenvalue weighted by Crippen LogP contribution is -2.40. The second-order valence-corrected chi connectivity index (χ2v) is 8.32. The summed E-state index contributed by atoms with van der Waals surface area (Å²) in [6.07, 6.45) is 1.52. The molecule has 2 aromatic heterocycles. The molecule has 0 aliphatic rings. The predicted octanol–water partition coefficient (Wildman–Crippen LogP) is 4.27. The molecule has 0 radical (unpaired) electrons. The fourth-order valence-electron chi connectivity index (χ4n) is 3.86. The summed E-state index contributed by atoms with van der Waals surface area (Å²) >= 11 is 6.04. The van der Waals surface area contributed by atoms with Crippen LogP contribution in [0.15, 0.2) is 94.8 Å². The van der Waals surface area contributed by atoms with Gasteiger partial charge in [0.05, 0.1) is 25.1 Å². The van der Waals surface area contributed by atoms with Crippen molar-refractivity contribution in [2.75, 3.05) is 6.61 Å². The van der Waals surface area contributed by atoms with E-state index in [0.717, 1.165) is 4.57 Å². The van der Waals surface area contributed by atoms with Gasteiger partial charge in [-0.15, -0.1) is 0 Å². The van der Waals surface area contributed by atoms with Crippen molar-refractivity contribution in [3.8, 4) is 11.4 Å². The quantitative estimate of drug-likeness (QED) is 0.341. The summed E-state index contributed by atoms with van der Waals surface area (Å²) in [6, 6.07) is 21.7. The maximum absolute atomic E-state index is 13.5. The SMILES string of the molecule is O=c1c2c(ncn2CCOc2ccccc2)n(-c2ccc(Cl)cc2)c(=O)n1Cc1ccc(F)cc1. The van der Waals surface area contributed by atoms with Crippen LogP contribution in [0.2, 0.25) is 5.02 Å². The Hall–Kier alpha value is -4.17. The van der Waals surface area contributed by atoms with Crippen LogP contribution in [0.25, 0.3) is 16.9 Å². The third-order valence-corrected chi connectivity index (χ3v) is 5.84. The van der Waals surface area contributed by atoms with Crippen LogP contribution in [0, 0.1) is 5.82 Å². The molecule has 0 fully saturated rings. The van der Waals surface area contributed by atoms with Crippen molar-refractivity contribution in [2.24, 2.45) is 0 Å². The van der Waals surface area contributed by atoms with Crippen molar-refractivity contribution in [1.29, 1.82) is 0 Å². The minimum atomic E-state index is -0.556. The van der Waals surface area contributed by atoms with Crippen LogP contribution in [0.4, 0.5) is 4.39 Å². The van der Waals surface area contributed by atoms with Crippen LogP contribution in [-0.4, -0.2) is 25.3 Å². The van der Waals surface area contributed by atoms with E-state index in [1.165, 1.54) is 23.0 Å². The standard InChI is InChI=1S/C26H20ClFN4O3/c27-19-8-12-21(13-9-19)32-24-23(30(17-29-24)14-15-35-22-4-2-1-3-5-22)25(33)31(26(32)34)16-18-6-10-20(28)11-7-18/h1-13,17H,14-16H2. The molecule has 3 aromatic carbocycles. The smallest absolute Gasteiger partial charge is 0.337 e. The average Bonchev–Trinajstić information content (AvgIpc) is 3.28. The zero-order chi connectivity index (χ0) is 24.4. The molecule has 0 saturated heterocycles. The molecule has 0 bridgehead atoms. The molecule has 0 amide bonds. The van der Waals surface area contributed by atoms with Gasteiger partial charge in [0, 0.05) is 5.02 Å². The van der Waals surface area contributed by atoms with Gasteiger partial charge in [0.25, 0.3) is 5.56 Å². The predicted molar refractivity (Wildman–Crippen MR) is 132 cm³/mol. The number of para-hydroxylation sites is 1. The minimum Gasteiger partial charge on any atom is -0.492 e. The fourth-order valence-corrected chi connectivity index (χ4v) is 3.99. The summed E-state index contributed by atoms with van der Waals surface area (Å²) in [6.45, 7) is 0.621. The summed E-state index contributed by atoms with van der Waals surface area (Å²) in [5.74, 6) is 0.315. The molecule has 0 aliphatic heterocycles. The lowest BCUT2D eigenvalue weighted by atomic mass is 10.2. The Labute approximate surface area is 204 Å². The molecule has 2 heterocycles. The first-order valence-corrected chi connectivity index (χ1v) is 11.3. The number of halogens is 2. The molecule has 35 heavy (non-hydrogen) atoms. The number of hydrogen-bond donors (Lipinski definition) is 0. The van der Waals surface area contributed by atoms with Gasteiger partial charge in [-0.1, -0.05) is 41.9 Å². The van der Waals surface area contributed by atoms with E-state index < -0.39 is 17.1 Å². The number of nitrogens with zero attached hydrogens (tertiary/aromatic N) is 4. The van der Waals surface area contributed by atoms with Crippen molar-refractivity contribution < 1.29 is 9.13 Å². The Morgan fingerprint density at radius 1 is 0.914 bits per heavy atom. The van der Waals surface area contributed by atoms with Gasteiger partial charge in [-0.25, -0.2) is 18.7 Å². The van der Waals surface area contributed by atoms with Crippen LogP contribution >= 0.6 is 11.6 Å². The molecule has 5 aromatic rings. The van der Waals surface area contributed by atoms with E-state index in [1.807, 2.05) is 30.3 Å². The lowest BCUT2D eigenvalue weighted by molar-refractivity contribution is 0.300. The summed E-state index contributed by atoms with van der Waals surface area (Å²) in [5, 5.41) is 0.515. The molecule has 0 aliphatic carbocycles. The monoisotopic (exact) mass is 490 g/mol. The highest BCUT2D eigenvalue weighted by atomic mass is 35.5. The fraction of sp³-hybridized carbons (Fsp3) is 0.115. The molecule has 9 heteroatoms. The van der Waals surface area contributed by atoms with Crippen LogP contribution in [0.1, 0.15) is 5.56 Å². The maximum Gasteiger partial charge on any atom is 0.337 e. The van der Waals surface area contributed by atoms with Gasteiger partial charge >= 0.3 is 5.69 Å². The third-order valence-electron chi connectivity index (χ3n) is 5.58. The molecule has 5 rings (SSSR count). The Morgan fingerprint density at radius 3 is 2.34 bits per heavy atom. The van der Waals surface area contributed by atoms with Crippen LogP contribution in [0.3, 0.4) is 0 Å². The Balaban J connectivity index is 1.61. The zero-order valence-electron chi connectivity index (χ0n) is 18.5. The zero-order valence-corrected chi connectivity index (χ0v) is 19.2. The molecule has 176 valence electrons. The number of aromatic nitrogens is 4. The van der Waals surface area contributed by atoms with Crippen molar-refractivity contribution in [3.05, 3.63) is 122 Å². The number of imidazole rings is 1. The van der Waals surface area contributed by atoms with Gasteiger partial charge in [-0.3, -0.25) is 9.36 Å². The summed E-state index contributed by atoms with van der Waals surface area (Å²) in [7, 11) is 0. The van der Waals surface area contributed by atoms with Crippen molar-refractivity contribution >= 4 is 22.8 Å². The van der Waals surface area contributed by atoms with E-state index in [4.69, 9.17) is 16.3 Å². The summed E-state index contributed by atoms with van der Waals surface area (Å²) < 4.78 is 23.4. The van der Waals surface area contributed by atoms with Crippen LogP contribution in [-0.2, 0) is 13.1 Å². The van der Waals surface area contributed by atoms with Crippen LogP contribution < -0.4 is 16.0 Å². The Kier molecular flexibility index (Phi) is 6.20. The third kappa shape index (κ3) is 4.61. The van der Waals surface area contributed by atoms with Crippen molar-refractivity contribution in [2.45, 2.75) is 13.1 Å². The number of rotatable bonds is 7. The van der Waals surface area contributed by atoms with Crippen LogP contribution in [0.5, 0.6) is 5.75 Å². The number of hydrogen-bond acceptors (Lipinski definition) is 4. The molecule has 7 nitrogen and oxygen atoms in total. The average molecular weight is 491 g/mol. The molecule has 0 unspecified atom stereocenters. The molecule has 0 atom stereocenters. The van der Waals surface area contributed by atoms with Gasteiger partial charge in [0.1, 0.15) is 18.2 Å². The highest BCUT2D eigenvalue weighted by Gasteiger charge is 2.19. The van der Waals surface area contributed by atoms with Crippen molar-refractivity contribution in [3.63, 3.8) is 0 Å². The molecule has 0 spiro atoms. The first-order valence-electron chi connectivity index (χ1n) is 10.9. The largest absolute Gasteiger partial charge is 0.492 e. The molecular formula is C26H20ClFN4O3. The van der Waals surface area contributed by atoms with Gasteiger partial charge in [-0.05, 0) is 54.1 Å². The highest BCUT2D eigenvalue weighted by Crippen LogP contribution is 2.17. The number of benzene rings is 3. The van der Waals surface area contributed by atoms with Gasteiger partial charge in [0.2, 0.25) is 0 Å². The number of ether oxygens (including phenoxy) is 1. The minimum absolute atomic E-state index is 0.0207. The van der Waals surface area contributed by atoms with Gasteiger partial charge < -0.3 is 9.30 Å². The van der Waals surface area contributed by atoms with E-state index in [1.54, 1.807) is 41.0 Å². The first-order chi connectivity index (χ1) is 17.0. The topological polar surface area (TPSA) is 71.1 Å². The summed E-state index contributed by atoms with van der Waals surface area (Å²) in [4.78, 5) is 31.4. The van der Waals surface area contributed by atoms with E-state index >= 15 is 0 Å². The Bertz CT molecular complexity index is 1590. The maximum atomic E-state index is 13.5. The van der Waals surface area contributed by atoms with E-state index in [0.29, 0.717) is 35.2 Å². The van der Waals surface area contributed by atoms with Crippen molar-refractivity contribution in [1.82, 2.24) is 18.7 Å². The summed E-state index contributed by atoms with van der Waals surface area (Å²) in [5.41, 5.74) is 0.585. The lowest BCUT2D eigenvalue weighted by Gasteiger charge is -2.13. The first kappa shape index (κ1) is 22.6. The Morgan fingerprint density at radius 2 is 1.63 bits per heavy atom. The molecule has 0 N–H and O–H groups in total. The van der Waals surface area contributed by atoms with Gasteiger partial charge in [-0.2, -0.15) is 0 Å². The van der Waals surface area contributed by atoms with E-state index in [2.05, 4.69) is 4.98 Å². The van der Waals surface area contributed by atoms with Gasteiger partial charge in [0.15, 0.2) is 11.2 Å². The molecule has 0 saturated carbocycles. The normalized spacial score (nSPS) is 11.1. The van der Waals surface area contributed by atoms with E-state index in [9.17, 15) is 14.0 Å². The molecular weight excluding hydrogens is 471 g/mol. The highest BCUT2D eigenvalue weighted by molar-refractivity contribution is 6.30. The van der Waals surface area contributed by atoms with E-state index in [-0.39, 0.29) is 17.7 Å². The second kappa shape index (κ2) is 9.60. The second-order valence-electron chi connectivity index (χ2n) is 7.88.